The standard InChI is InChI=1S/C14H17N3/c1-10-6-4-5-7-13(10)9-15-14-16-11(2)8-12(3)17-14/h4-8H,9H2,1-3H3,(H,15,16,17). The maximum Gasteiger partial charge on any atom is 0.223 e. The molecule has 0 radical (unpaired) electrons. The van der Waals surface area contributed by atoms with Gasteiger partial charge in [-0.3, -0.25) is 0 Å². The fourth-order valence-electron chi connectivity index (χ4n) is 1.79. The molecule has 0 bridgehead atoms. The average Bonchev–Trinajstić information content (AvgIpc) is 2.27. The molecule has 17 heavy (non-hydrogen) atoms. The molecule has 0 amide bonds. The largest absolute Gasteiger partial charge is 0.350 e. The van der Waals surface area contributed by atoms with Gasteiger partial charge in [-0.1, -0.05) is 24.3 Å². The number of aryl methyl sites for hydroxylation is 3. The maximum absolute atomic E-state index is 4.36. The average molecular weight is 227 g/mol. The predicted molar refractivity (Wildman–Crippen MR) is 70.0 cm³/mol. The number of hydrogen-bond donors (Lipinski definition) is 1. The Morgan fingerprint density at radius 1 is 1.00 bits per heavy atom. The molecule has 0 unspecified atom stereocenters. The van der Waals surface area contributed by atoms with Crippen molar-refractivity contribution in [2.75, 3.05) is 5.32 Å². The Morgan fingerprint density at radius 2 is 1.65 bits per heavy atom. The van der Waals surface area contributed by atoms with Gasteiger partial charge in [-0.25, -0.2) is 9.97 Å². The molecular formula is C14H17N3. The minimum atomic E-state index is 0.700. The van der Waals surface area contributed by atoms with Crippen molar-refractivity contribution in [3.63, 3.8) is 0 Å². The Balaban J connectivity index is 2.10. The van der Waals surface area contributed by atoms with Crippen molar-refractivity contribution in [2.45, 2.75) is 27.3 Å². The summed E-state index contributed by atoms with van der Waals surface area (Å²) in [4.78, 5) is 8.71. The molecule has 0 spiro atoms. The van der Waals surface area contributed by atoms with Gasteiger partial charge in [0, 0.05) is 17.9 Å². The maximum atomic E-state index is 4.36. The fraction of sp³-hybridized carbons (Fsp3) is 0.286. The molecule has 2 rings (SSSR count). The Kier molecular flexibility index (Phi) is 3.38. The fourth-order valence-corrected chi connectivity index (χ4v) is 1.79. The summed E-state index contributed by atoms with van der Waals surface area (Å²) in [5.74, 6) is 0.700. The molecule has 88 valence electrons. The molecule has 0 fully saturated rings. The molecule has 0 saturated heterocycles. The van der Waals surface area contributed by atoms with Gasteiger partial charge < -0.3 is 5.32 Å². The van der Waals surface area contributed by atoms with Gasteiger partial charge in [-0.2, -0.15) is 0 Å². The van der Waals surface area contributed by atoms with Crippen molar-refractivity contribution >= 4 is 5.95 Å². The molecule has 0 aliphatic carbocycles. The van der Waals surface area contributed by atoms with Crippen molar-refractivity contribution in [3.8, 4) is 0 Å². The number of nitrogens with zero attached hydrogens (tertiary/aromatic N) is 2. The summed E-state index contributed by atoms with van der Waals surface area (Å²) in [6, 6.07) is 10.3. The zero-order chi connectivity index (χ0) is 12.3. The monoisotopic (exact) mass is 227 g/mol. The van der Waals surface area contributed by atoms with E-state index in [2.05, 4.69) is 34.3 Å². The van der Waals surface area contributed by atoms with E-state index in [0.717, 1.165) is 17.9 Å². The van der Waals surface area contributed by atoms with Crippen LogP contribution in [0.15, 0.2) is 30.3 Å². The Labute approximate surface area is 102 Å². The topological polar surface area (TPSA) is 37.8 Å². The first kappa shape index (κ1) is 11.6. The summed E-state index contributed by atoms with van der Waals surface area (Å²) in [5, 5.41) is 3.26. The van der Waals surface area contributed by atoms with Crippen LogP contribution in [0.1, 0.15) is 22.5 Å². The number of benzene rings is 1. The van der Waals surface area contributed by atoms with Crippen LogP contribution in [-0.4, -0.2) is 9.97 Å². The van der Waals surface area contributed by atoms with Crippen molar-refractivity contribution < 1.29 is 0 Å². The zero-order valence-corrected chi connectivity index (χ0v) is 10.5. The van der Waals surface area contributed by atoms with Gasteiger partial charge >= 0.3 is 0 Å². The van der Waals surface area contributed by atoms with Crippen LogP contribution in [0.5, 0.6) is 0 Å². The highest BCUT2D eigenvalue weighted by Crippen LogP contribution is 2.10. The van der Waals surface area contributed by atoms with Crippen LogP contribution < -0.4 is 5.32 Å². The van der Waals surface area contributed by atoms with Crippen LogP contribution >= 0.6 is 0 Å². The summed E-state index contributed by atoms with van der Waals surface area (Å²) < 4.78 is 0. The highest BCUT2D eigenvalue weighted by molar-refractivity contribution is 5.33. The number of anilines is 1. The number of rotatable bonds is 3. The lowest BCUT2D eigenvalue weighted by Gasteiger charge is -2.08. The SMILES string of the molecule is Cc1cc(C)nc(NCc2ccccc2C)n1. The first-order chi connectivity index (χ1) is 8.15. The molecule has 1 heterocycles. The minimum Gasteiger partial charge on any atom is -0.350 e. The molecule has 2 aromatic rings. The molecule has 1 N–H and O–H groups in total. The zero-order valence-electron chi connectivity index (χ0n) is 10.5. The van der Waals surface area contributed by atoms with Crippen LogP contribution in [0.2, 0.25) is 0 Å². The van der Waals surface area contributed by atoms with Crippen LogP contribution in [0.3, 0.4) is 0 Å². The molecule has 1 aromatic heterocycles. The summed E-state index contributed by atoms with van der Waals surface area (Å²) in [6.45, 7) is 6.83. The highest BCUT2D eigenvalue weighted by atomic mass is 15.1. The smallest absolute Gasteiger partial charge is 0.223 e. The van der Waals surface area contributed by atoms with E-state index < -0.39 is 0 Å². The van der Waals surface area contributed by atoms with Crippen LogP contribution in [0.4, 0.5) is 5.95 Å². The molecule has 3 nitrogen and oxygen atoms in total. The van der Waals surface area contributed by atoms with Crippen molar-refractivity contribution in [2.24, 2.45) is 0 Å². The summed E-state index contributed by atoms with van der Waals surface area (Å²) in [7, 11) is 0. The Bertz CT molecular complexity index is 500. The van der Waals surface area contributed by atoms with Crippen LogP contribution in [-0.2, 0) is 6.54 Å². The Hall–Kier alpha value is -1.90. The number of nitrogens with one attached hydrogen (secondary N) is 1. The number of aromatic nitrogens is 2. The van der Waals surface area contributed by atoms with E-state index in [1.807, 2.05) is 32.0 Å². The number of hydrogen-bond acceptors (Lipinski definition) is 3. The first-order valence-electron chi connectivity index (χ1n) is 5.76. The molecule has 0 saturated carbocycles. The van der Waals surface area contributed by atoms with Crippen molar-refractivity contribution in [1.29, 1.82) is 0 Å². The Morgan fingerprint density at radius 3 is 2.29 bits per heavy atom. The first-order valence-corrected chi connectivity index (χ1v) is 5.76. The van der Waals surface area contributed by atoms with Crippen LogP contribution in [0.25, 0.3) is 0 Å². The van der Waals surface area contributed by atoms with Gasteiger partial charge in [0.05, 0.1) is 0 Å². The second-order valence-corrected chi connectivity index (χ2v) is 4.25. The third kappa shape index (κ3) is 3.03. The lowest BCUT2D eigenvalue weighted by atomic mass is 10.1. The van der Waals surface area contributed by atoms with Gasteiger partial charge in [-0.05, 0) is 38.0 Å². The van der Waals surface area contributed by atoms with Gasteiger partial charge in [-0.15, -0.1) is 0 Å². The van der Waals surface area contributed by atoms with Gasteiger partial charge in [0.25, 0.3) is 0 Å². The molecule has 1 aromatic carbocycles. The van der Waals surface area contributed by atoms with E-state index in [-0.39, 0.29) is 0 Å². The van der Waals surface area contributed by atoms with E-state index in [4.69, 9.17) is 0 Å². The predicted octanol–water partition coefficient (Wildman–Crippen LogP) is 3.01. The van der Waals surface area contributed by atoms with E-state index >= 15 is 0 Å². The van der Waals surface area contributed by atoms with E-state index in [1.54, 1.807) is 0 Å². The van der Waals surface area contributed by atoms with Gasteiger partial charge in [0.1, 0.15) is 0 Å². The van der Waals surface area contributed by atoms with Gasteiger partial charge in [0.15, 0.2) is 0 Å². The summed E-state index contributed by atoms with van der Waals surface area (Å²) in [6.07, 6.45) is 0. The third-order valence-corrected chi connectivity index (χ3v) is 2.68. The quantitative estimate of drug-likeness (QED) is 0.875. The molecule has 0 aliphatic rings. The van der Waals surface area contributed by atoms with Crippen molar-refractivity contribution in [1.82, 2.24) is 9.97 Å². The van der Waals surface area contributed by atoms with Crippen LogP contribution in [0, 0.1) is 20.8 Å². The molecule has 0 aliphatic heterocycles. The lowest BCUT2D eigenvalue weighted by molar-refractivity contribution is 0.998. The van der Waals surface area contributed by atoms with E-state index in [1.165, 1.54) is 11.1 Å². The third-order valence-electron chi connectivity index (χ3n) is 2.68. The minimum absolute atomic E-state index is 0.700. The summed E-state index contributed by atoms with van der Waals surface area (Å²) in [5.41, 5.74) is 4.54. The van der Waals surface area contributed by atoms with E-state index in [9.17, 15) is 0 Å². The molecule has 0 atom stereocenters. The van der Waals surface area contributed by atoms with E-state index in [0.29, 0.717) is 5.95 Å². The normalized spacial score (nSPS) is 10.3. The lowest BCUT2D eigenvalue weighted by Crippen LogP contribution is -2.06. The molecule has 3 heteroatoms. The highest BCUT2D eigenvalue weighted by Gasteiger charge is 2.00. The molecular weight excluding hydrogens is 210 g/mol. The second kappa shape index (κ2) is 4.95. The second-order valence-electron chi connectivity index (χ2n) is 4.25. The summed E-state index contributed by atoms with van der Waals surface area (Å²) >= 11 is 0. The van der Waals surface area contributed by atoms with Gasteiger partial charge in [0.2, 0.25) is 5.95 Å². The van der Waals surface area contributed by atoms with Crippen molar-refractivity contribution in [3.05, 3.63) is 52.8 Å².